The summed E-state index contributed by atoms with van der Waals surface area (Å²) >= 11 is 12.4. The molecule has 0 aliphatic heterocycles. The third-order valence-corrected chi connectivity index (χ3v) is 2.77. The average molecular weight is 314 g/mol. The van der Waals surface area contributed by atoms with Crippen LogP contribution in [-0.4, -0.2) is 11.9 Å². The minimum Gasteiger partial charge on any atom is -0.493 e. The second-order valence-corrected chi connectivity index (χ2v) is 4.17. The van der Waals surface area contributed by atoms with E-state index in [9.17, 15) is 0 Å². The molecule has 0 atom stereocenters. The van der Waals surface area contributed by atoms with E-state index in [1.165, 1.54) is 0 Å². The normalized spacial score (nSPS) is 9.92. The summed E-state index contributed by atoms with van der Waals surface area (Å²) < 4.78 is 6.21. The third kappa shape index (κ3) is 2.96. The Morgan fingerprint density at radius 1 is 1.42 bits per heavy atom. The van der Waals surface area contributed by atoms with E-state index in [4.69, 9.17) is 16.3 Å². The topological polar surface area (TPSA) is 9.23 Å². The monoisotopic (exact) mass is 312 g/mol. The molecule has 0 aliphatic carbocycles. The van der Waals surface area contributed by atoms with Crippen LogP contribution in [0.2, 0.25) is 5.02 Å². The predicted molar refractivity (Wildman–Crippen MR) is 58.4 cm³/mol. The van der Waals surface area contributed by atoms with Crippen molar-refractivity contribution in [1.29, 1.82) is 0 Å². The van der Waals surface area contributed by atoms with Gasteiger partial charge < -0.3 is 4.74 Å². The van der Waals surface area contributed by atoms with Crippen LogP contribution in [0.25, 0.3) is 0 Å². The van der Waals surface area contributed by atoms with Crippen LogP contribution in [0.4, 0.5) is 0 Å². The smallest absolute Gasteiger partial charge is 0.120 e. The molecule has 0 spiro atoms. The zero-order chi connectivity index (χ0) is 8.97. The Balaban J connectivity index is 2.69. The molecule has 1 nitrogen and oxygen atoms in total. The van der Waals surface area contributed by atoms with Gasteiger partial charge in [0.25, 0.3) is 0 Å². The van der Waals surface area contributed by atoms with Crippen molar-refractivity contribution < 1.29 is 4.74 Å². The van der Waals surface area contributed by atoms with E-state index >= 15 is 0 Å². The number of benzene rings is 1. The Bertz CT molecular complexity index is 265. The van der Waals surface area contributed by atoms with E-state index in [2.05, 4.69) is 31.9 Å². The predicted octanol–water partition coefficient (Wildman–Crippen LogP) is 3.88. The van der Waals surface area contributed by atoms with E-state index in [1.54, 1.807) is 6.07 Å². The second kappa shape index (κ2) is 5.10. The van der Waals surface area contributed by atoms with Gasteiger partial charge in [0, 0.05) is 9.80 Å². The van der Waals surface area contributed by atoms with Gasteiger partial charge in [-0.25, -0.2) is 0 Å². The highest BCUT2D eigenvalue weighted by molar-refractivity contribution is 9.10. The Hall–Kier alpha value is 0.270. The highest BCUT2D eigenvalue weighted by Crippen LogP contribution is 2.26. The molecule has 0 aromatic heterocycles. The number of halogens is 3. The number of hydrogen-bond donors (Lipinski definition) is 0. The molecule has 0 saturated heterocycles. The SMILES string of the molecule is Clc1ccc(OCCBr)cc1Br. The molecule has 66 valence electrons. The summed E-state index contributed by atoms with van der Waals surface area (Å²) in [5.41, 5.74) is 0. The summed E-state index contributed by atoms with van der Waals surface area (Å²) in [6.45, 7) is 0.661. The lowest BCUT2D eigenvalue weighted by Crippen LogP contribution is -1.97. The van der Waals surface area contributed by atoms with Crippen LogP contribution in [0, 0.1) is 0 Å². The zero-order valence-corrected chi connectivity index (χ0v) is 10.1. The molecule has 0 aliphatic rings. The van der Waals surface area contributed by atoms with Crippen LogP contribution in [0.15, 0.2) is 22.7 Å². The molecular formula is C8H7Br2ClO. The average Bonchev–Trinajstić information content (AvgIpc) is 2.07. The van der Waals surface area contributed by atoms with Gasteiger partial charge in [-0.1, -0.05) is 27.5 Å². The number of alkyl halides is 1. The molecule has 0 bridgehead atoms. The summed E-state index contributed by atoms with van der Waals surface area (Å²) in [5, 5.41) is 1.52. The highest BCUT2D eigenvalue weighted by atomic mass is 79.9. The molecule has 4 heteroatoms. The second-order valence-electron chi connectivity index (χ2n) is 2.11. The van der Waals surface area contributed by atoms with E-state index in [1.807, 2.05) is 12.1 Å². The maximum Gasteiger partial charge on any atom is 0.120 e. The first-order chi connectivity index (χ1) is 5.74. The van der Waals surface area contributed by atoms with Crippen LogP contribution in [0.3, 0.4) is 0 Å². The molecule has 0 heterocycles. The summed E-state index contributed by atoms with van der Waals surface area (Å²) in [6.07, 6.45) is 0. The van der Waals surface area contributed by atoms with Gasteiger partial charge in [0.15, 0.2) is 0 Å². The van der Waals surface area contributed by atoms with E-state index in [0.717, 1.165) is 15.6 Å². The summed E-state index contributed by atoms with van der Waals surface area (Å²) in [6, 6.07) is 5.50. The Labute approximate surface area is 93.3 Å². The standard InChI is InChI=1S/C8H7Br2ClO/c9-3-4-12-6-1-2-8(11)7(10)5-6/h1-2,5H,3-4H2. The van der Waals surface area contributed by atoms with Crippen molar-refractivity contribution in [3.05, 3.63) is 27.7 Å². The van der Waals surface area contributed by atoms with Crippen LogP contribution in [0.1, 0.15) is 0 Å². The molecule has 0 radical (unpaired) electrons. The van der Waals surface area contributed by atoms with E-state index in [-0.39, 0.29) is 0 Å². The lowest BCUT2D eigenvalue weighted by Gasteiger charge is -2.04. The van der Waals surface area contributed by atoms with E-state index < -0.39 is 0 Å². The number of rotatable bonds is 3. The minimum absolute atomic E-state index is 0.661. The van der Waals surface area contributed by atoms with Crippen molar-refractivity contribution in [3.63, 3.8) is 0 Å². The van der Waals surface area contributed by atoms with Gasteiger partial charge >= 0.3 is 0 Å². The number of ether oxygens (including phenoxy) is 1. The van der Waals surface area contributed by atoms with Gasteiger partial charge in [-0.05, 0) is 34.1 Å². The molecule has 0 saturated carbocycles. The summed E-state index contributed by atoms with van der Waals surface area (Å²) in [7, 11) is 0. The van der Waals surface area contributed by atoms with Crippen molar-refractivity contribution in [3.8, 4) is 5.75 Å². The molecule has 0 amide bonds. The third-order valence-electron chi connectivity index (χ3n) is 1.24. The molecule has 0 unspecified atom stereocenters. The van der Waals surface area contributed by atoms with Gasteiger partial charge in [0.2, 0.25) is 0 Å². The maximum absolute atomic E-state index is 5.80. The highest BCUT2D eigenvalue weighted by Gasteiger charge is 1.98. The lowest BCUT2D eigenvalue weighted by atomic mass is 10.3. The maximum atomic E-state index is 5.80. The molecular weight excluding hydrogens is 307 g/mol. The molecule has 1 aromatic carbocycles. The first kappa shape index (κ1) is 10.4. The molecule has 12 heavy (non-hydrogen) atoms. The van der Waals surface area contributed by atoms with Crippen LogP contribution < -0.4 is 4.74 Å². The van der Waals surface area contributed by atoms with Crippen LogP contribution in [0.5, 0.6) is 5.75 Å². The fourth-order valence-corrected chi connectivity index (χ4v) is 1.36. The Morgan fingerprint density at radius 3 is 2.75 bits per heavy atom. The lowest BCUT2D eigenvalue weighted by molar-refractivity contribution is 0.345. The first-order valence-corrected chi connectivity index (χ1v) is 5.67. The van der Waals surface area contributed by atoms with Crippen molar-refractivity contribution >= 4 is 43.5 Å². The van der Waals surface area contributed by atoms with E-state index in [0.29, 0.717) is 11.6 Å². The van der Waals surface area contributed by atoms with Crippen LogP contribution >= 0.6 is 43.5 Å². The van der Waals surface area contributed by atoms with Gasteiger partial charge in [-0.3, -0.25) is 0 Å². The van der Waals surface area contributed by atoms with Gasteiger partial charge in [-0.2, -0.15) is 0 Å². The molecule has 0 fully saturated rings. The van der Waals surface area contributed by atoms with Crippen molar-refractivity contribution in [1.82, 2.24) is 0 Å². The minimum atomic E-state index is 0.661. The Morgan fingerprint density at radius 2 is 2.17 bits per heavy atom. The molecule has 1 rings (SSSR count). The van der Waals surface area contributed by atoms with Crippen molar-refractivity contribution in [2.75, 3.05) is 11.9 Å². The largest absolute Gasteiger partial charge is 0.493 e. The van der Waals surface area contributed by atoms with Gasteiger partial charge in [-0.15, -0.1) is 0 Å². The first-order valence-electron chi connectivity index (χ1n) is 3.38. The fraction of sp³-hybridized carbons (Fsp3) is 0.250. The van der Waals surface area contributed by atoms with Crippen LogP contribution in [-0.2, 0) is 0 Å². The molecule has 0 N–H and O–H groups in total. The summed E-state index contributed by atoms with van der Waals surface area (Å²) in [4.78, 5) is 0. The fourth-order valence-electron chi connectivity index (χ4n) is 0.723. The summed E-state index contributed by atoms with van der Waals surface area (Å²) in [5.74, 6) is 0.825. The quantitative estimate of drug-likeness (QED) is 0.770. The molecule has 1 aromatic rings. The van der Waals surface area contributed by atoms with Gasteiger partial charge in [0.1, 0.15) is 5.75 Å². The van der Waals surface area contributed by atoms with Gasteiger partial charge in [0.05, 0.1) is 11.6 Å². The van der Waals surface area contributed by atoms with Crippen molar-refractivity contribution in [2.45, 2.75) is 0 Å². The Kier molecular flexibility index (Phi) is 4.40. The zero-order valence-electron chi connectivity index (χ0n) is 6.19. The van der Waals surface area contributed by atoms with Crippen molar-refractivity contribution in [2.24, 2.45) is 0 Å². The number of hydrogen-bond acceptors (Lipinski definition) is 1.